The number of thioether (sulfide) groups is 1. The number of nitrogens with one attached hydrogen (secondary N) is 1. The summed E-state index contributed by atoms with van der Waals surface area (Å²) < 4.78 is 5.33. The van der Waals surface area contributed by atoms with E-state index >= 15 is 0 Å². The molecular weight excluding hydrogens is 547 g/mol. The summed E-state index contributed by atoms with van der Waals surface area (Å²) in [5.74, 6) is -0.544. The predicted octanol–water partition coefficient (Wildman–Crippen LogP) is 7.92. The summed E-state index contributed by atoms with van der Waals surface area (Å²) in [5.41, 5.74) is 7.77. The van der Waals surface area contributed by atoms with E-state index in [0.717, 1.165) is 43.1 Å². The van der Waals surface area contributed by atoms with E-state index < -0.39 is 5.97 Å². The number of amides is 1. The van der Waals surface area contributed by atoms with Gasteiger partial charge in [0.2, 0.25) is 5.91 Å². The molecule has 2 aromatic carbocycles. The van der Waals surface area contributed by atoms with Gasteiger partial charge in [-0.3, -0.25) is 4.79 Å². The van der Waals surface area contributed by atoms with Crippen LogP contribution in [0.1, 0.15) is 34.0 Å². The van der Waals surface area contributed by atoms with Crippen LogP contribution in [0.4, 0.5) is 5.00 Å². The topological polar surface area (TPSA) is 81.2 Å². The van der Waals surface area contributed by atoms with Gasteiger partial charge in [-0.15, -0.1) is 22.7 Å². The van der Waals surface area contributed by atoms with Crippen LogP contribution in [0.5, 0.6) is 0 Å². The first-order valence-electron chi connectivity index (χ1n) is 12.4. The number of nitrogens with zero attached hydrogens (tertiary/aromatic N) is 2. The average Bonchev–Trinajstić information content (AvgIpc) is 3.55. The fourth-order valence-corrected chi connectivity index (χ4v) is 6.94. The number of fused-ring (bicyclic) bond motifs is 1. The molecule has 5 rings (SSSR count). The second-order valence-electron chi connectivity index (χ2n) is 9.08. The van der Waals surface area contributed by atoms with Gasteiger partial charge in [-0.25, -0.2) is 14.8 Å². The van der Waals surface area contributed by atoms with Gasteiger partial charge in [-0.1, -0.05) is 59.8 Å². The van der Waals surface area contributed by atoms with Gasteiger partial charge in [0.15, 0.2) is 0 Å². The zero-order chi connectivity index (χ0) is 27.5. The maximum Gasteiger partial charge on any atom is 0.341 e. The number of aryl methyl sites for hydroxylation is 3. The van der Waals surface area contributed by atoms with E-state index in [2.05, 4.69) is 52.7 Å². The van der Waals surface area contributed by atoms with Crippen molar-refractivity contribution in [3.8, 4) is 22.3 Å². The fourth-order valence-electron chi connectivity index (χ4n) is 4.18. The Morgan fingerprint density at radius 1 is 0.923 bits per heavy atom. The van der Waals surface area contributed by atoms with Crippen LogP contribution in [0.25, 0.3) is 32.5 Å². The molecule has 6 nitrogen and oxygen atoms in total. The Morgan fingerprint density at radius 2 is 1.67 bits per heavy atom. The van der Waals surface area contributed by atoms with E-state index in [0.29, 0.717) is 10.6 Å². The van der Waals surface area contributed by atoms with Gasteiger partial charge in [0.1, 0.15) is 26.7 Å². The molecule has 0 bridgehead atoms. The molecule has 0 aliphatic rings. The van der Waals surface area contributed by atoms with Crippen molar-refractivity contribution in [1.82, 2.24) is 9.97 Å². The molecule has 0 spiro atoms. The molecule has 0 radical (unpaired) electrons. The number of benzene rings is 2. The molecule has 0 saturated carbocycles. The molecule has 0 aliphatic heterocycles. The van der Waals surface area contributed by atoms with Crippen molar-refractivity contribution in [2.24, 2.45) is 0 Å². The Labute approximate surface area is 239 Å². The highest BCUT2D eigenvalue weighted by Gasteiger charge is 2.23. The van der Waals surface area contributed by atoms with Gasteiger partial charge in [-0.2, -0.15) is 0 Å². The Morgan fingerprint density at radius 3 is 2.41 bits per heavy atom. The standard InChI is InChI=1S/C30H27N3O3S3/c1-5-36-30(35)26-22(20-9-6-17(2)7-10-20)13-38-29(26)33-24(34)15-39-28-25-23(14-37-27(25)31-16-32-28)21-11-8-18(3)19(4)12-21/h6-14,16H,5,15H2,1-4H3,(H,33,34). The maximum absolute atomic E-state index is 13.1. The number of aromatic nitrogens is 2. The minimum atomic E-state index is -0.453. The van der Waals surface area contributed by atoms with Crippen molar-refractivity contribution in [3.05, 3.63) is 81.8 Å². The lowest BCUT2D eigenvalue weighted by Gasteiger charge is -2.10. The fraction of sp³-hybridized carbons (Fsp3) is 0.200. The molecule has 198 valence electrons. The van der Waals surface area contributed by atoms with Gasteiger partial charge in [0, 0.05) is 21.9 Å². The van der Waals surface area contributed by atoms with Gasteiger partial charge < -0.3 is 10.1 Å². The highest BCUT2D eigenvalue weighted by molar-refractivity contribution is 8.00. The number of esters is 1. The molecule has 0 atom stereocenters. The molecule has 0 fully saturated rings. The minimum Gasteiger partial charge on any atom is -0.462 e. The van der Waals surface area contributed by atoms with Gasteiger partial charge >= 0.3 is 5.97 Å². The van der Waals surface area contributed by atoms with Crippen LogP contribution in [-0.2, 0) is 9.53 Å². The molecule has 0 unspecified atom stereocenters. The minimum absolute atomic E-state index is 0.133. The molecule has 1 amide bonds. The summed E-state index contributed by atoms with van der Waals surface area (Å²) in [4.78, 5) is 35.8. The van der Waals surface area contributed by atoms with Crippen molar-refractivity contribution in [2.45, 2.75) is 32.7 Å². The smallest absolute Gasteiger partial charge is 0.341 e. The number of anilines is 1. The monoisotopic (exact) mass is 573 g/mol. The number of carbonyl (C=O) groups is 2. The van der Waals surface area contributed by atoms with E-state index in [1.165, 1.54) is 40.6 Å². The number of hydrogen-bond donors (Lipinski definition) is 1. The second-order valence-corrected chi connectivity index (χ2v) is 11.8. The van der Waals surface area contributed by atoms with E-state index in [1.54, 1.807) is 18.3 Å². The van der Waals surface area contributed by atoms with Crippen molar-refractivity contribution >= 4 is 61.5 Å². The Bertz CT molecular complexity index is 1670. The van der Waals surface area contributed by atoms with Crippen LogP contribution in [0.2, 0.25) is 0 Å². The first-order valence-corrected chi connectivity index (χ1v) is 15.2. The molecular formula is C30H27N3O3S3. The van der Waals surface area contributed by atoms with E-state index in [4.69, 9.17) is 4.74 Å². The third-order valence-electron chi connectivity index (χ3n) is 6.38. The van der Waals surface area contributed by atoms with Crippen LogP contribution in [0, 0.1) is 20.8 Å². The molecule has 39 heavy (non-hydrogen) atoms. The molecule has 5 aromatic rings. The number of ether oxygens (including phenoxy) is 1. The molecule has 9 heteroatoms. The Kier molecular flexibility index (Phi) is 8.11. The zero-order valence-corrected chi connectivity index (χ0v) is 24.5. The SMILES string of the molecule is CCOC(=O)c1c(-c2ccc(C)cc2)csc1NC(=O)CSc1ncnc2scc(-c3ccc(C)c(C)c3)c12. The van der Waals surface area contributed by atoms with Crippen LogP contribution in [-0.4, -0.2) is 34.2 Å². The molecule has 1 N–H and O–H groups in total. The molecule has 3 aromatic heterocycles. The quantitative estimate of drug-likeness (QED) is 0.115. The second kappa shape index (κ2) is 11.7. The van der Waals surface area contributed by atoms with Crippen LogP contribution < -0.4 is 5.32 Å². The maximum atomic E-state index is 13.1. The van der Waals surface area contributed by atoms with E-state index in [-0.39, 0.29) is 18.3 Å². The largest absolute Gasteiger partial charge is 0.462 e. The van der Waals surface area contributed by atoms with E-state index in [9.17, 15) is 9.59 Å². The molecule has 3 heterocycles. The summed E-state index contributed by atoms with van der Waals surface area (Å²) in [7, 11) is 0. The highest BCUT2D eigenvalue weighted by Crippen LogP contribution is 2.39. The summed E-state index contributed by atoms with van der Waals surface area (Å²) in [6, 6.07) is 14.3. The van der Waals surface area contributed by atoms with Gasteiger partial charge in [0.05, 0.1) is 17.7 Å². The number of rotatable bonds is 8. The number of thiophene rings is 2. The van der Waals surface area contributed by atoms with Gasteiger partial charge in [0.25, 0.3) is 0 Å². The van der Waals surface area contributed by atoms with Crippen molar-refractivity contribution < 1.29 is 14.3 Å². The summed E-state index contributed by atoms with van der Waals surface area (Å²) in [5, 5.41) is 9.10. The predicted molar refractivity (Wildman–Crippen MR) is 162 cm³/mol. The van der Waals surface area contributed by atoms with Crippen LogP contribution in [0.15, 0.2) is 64.6 Å². The third-order valence-corrected chi connectivity index (χ3v) is 9.15. The Balaban J connectivity index is 1.39. The number of hydrogen-bond acceptors (Lipinski definition) is 8. The average molecular weight is 574 g/mol. The lowest BCUT2D eigenvalue weighted by Crippen LogP contribution is -2.16. The number of carbonyl (C=O) groups excluding carboxylic acids is 2. The molecule has 0 saturated heterocycles. The van der Waals surface area contributed by atoms with Crippen molar-refractivity contribution in [3.63, 3.8) is 0 Å². The zero-order valence-electron chi connectivity index (χ0n) is 22.0. The van der Waals surface area contributed by atoms with Crippen molar-refractivity contribution in [2.75, 3.05) is 17.7 Å². The summed E-state index contributed by atoms with van der Waals surface area (Å²) >= 11 is 4.25. The van der Waals surface area contributed by atoms with E-state index in [1.807, 2.05) is 36.6 Å². The third kappa shape index (κ3) is 5.75. The van der Waals surface area contributed by atoms with Crippen molar-refractivity contribution in [1.29, 1.82) is 0 Å². The summed E-state index contributed by atoms with van der Waals surface area (Å²) in [6.07, 6.45) is 1.54. The van der Waals surface area contributed by atoms with Crippen LogP contribution >= 0.6 is 34.4 Å². The van der Waals surface area contributed by atoms with Crippen LogP contribution in [0.3, 0.4) is 0 Å². The highest BCUT2D eigenvalue weighted by atomic mass is 32.2. The summed E-state index contributed by atoms with van der Waals surface area (Å²) in [6.45, 7) is 8.23. The van der Waals surface area contributed by atoms with Gasteiger partial charge in [-0.05, 0) is 49.9 Å². The first-order chi connectivity index (χ1) is 18.9. The lowest BCUT2D eigenvalue weighted by molar-refractivity contribution is -0.113. The normalized spacial score (nSPS) is 11.1. The first kappa shape index (κ1) is 27.1. The molecule has 0 aliphatic carbocycles. The lowest BCUT2D eigenvalue weighted by atomic mass is 10.0. The Hall–Kier alpha value is -3.53.